The highest BCUT2D eigenvalue weighted by atomic mass is 19.3. The molecule has 0 spiro atoms. The van der Waals surface area contributed by atoms with Gasteiger partial charge in [0.05, 0.1) is 11.8 Å². The van der Waals surface area contributed by atoms with Crippen molar-refractivity contribution >= 4 is 5.91 Å². The van der Waals surface area contributed by atoms with Crippen LogP contribution in [0.4, 0.5) is 8.78 Å². The van der Waals surface area contributed by atoms with Gasteiger partial charge in [-0.15, -0.1) is 0 Å². The van der Waals surface area contributed by atoms with Crippen LogP contribution in [0.2, 0.25) is 0 Å². The number of piperidine rings is 1. The summed E-state index contributed by atoms with van der Waals surface area (Å²) >= 11 is 0. The number of likely N-dealkylation sites (tertiary alicyclic amines) is 1. The van der Waals surface area contributed by atoms with Gasteiger partial charge in [0.15, 0.2) is 0 Å². The fourth-order valence-electron chi connectivity index (χ4n) is 2.86. The van der Waals surface area contributed by atoms with Gasteiger partial charge in [-0.05, 0) is 32.1 Å². The number of hydrogen-bond donors (Lipinski definition) is 0. The van der Waals surface area contributed by atoms with Crippen LogP contribution in [0.1, 0.15) is 63.0 Å². The van der Waals surface area contributed by atoms with E-state index in [1.807, 2.05) is 13.8 Å². The van der Waals surface area contributed by atoms with Gasteiger partial charge in [0.2, 0.25) is 0 Å². The van der Waals surface area contributed by atoms with Crippen molar-refractivity contribution in [2.24, 2.45) is 12.5 Å². The maximum Gasteiger partial charge on any atom is 0.280 e. The Bertz CT molecular complexity index is 549. The molecule has 1 amide bonds. The second kappa shape index (κ2) is 5.07. The van der Waals surface area contributed by atoms with E-state index in [0.717, 1.165) is 17.5 Å². The highest BCUT2D eigenvalue weighted by Gasteiger charge is 2.42. The number of rotatable bonds is 2. The first-order valence-electron chi connectivity index (χ1n) is 7.17. The van der Waals surface area contributed by atoms with Gasteiger partial charge in [-0.1, -0.05) is 13.8 Å². The number of alkyl halides is 2. The van der Waals surface area contributed by atoms with Crippen molar-refractivity contribution in [3.05, 3.63) is 17.5 Å². The third-order valence-corrected chi connectivity index (χ3v) is 4.40. The molecule has 0 N–H and O–H groups in total. The van der Waals surface area contributed by atoms with Gasteiger partial charge in [0.25, 0.3) is 12.3 Å². The van der Waals surface area contributed by atoms with Crippen LogP contribution in [0.5, 0.6) is 0 Å². The van der Waals surface area contributed by atoms with Crippen LogP contribution in [-0.2, 0) is 7.05 Å². The predicted octanol–water partition coefficient (Wildman–Crippen LogP) is 3.40. The monoisotopic (exact) mass is 299 g/mol. The quantitative estimate of drug-likeness (QED) is 0.839. The highest BCUT2D eigenvalue weighted by molar-refractivity contribution is 5.95. The largest absolute Gasteiger partial charge is 0.333 e. The molecule has 0 saturated carbocycles. The molecular formula is C15H23F2N3O. The molecule has 4 nitrogen and oxygen atoms in total. The lowest BCUT2D eigenvalue weighted by Gasteiger charge is -2.49. The lowest BCUT2D eigenvalue weighted by Crippen LogP contribution is -2.55. The summed E-state index contributed by atoms with van der Waals surface area (Å²) in [6, 6.07) is 0. The molecule has 1 aromatic rings. The number of carbonyl (C=O) groups excluding carboxylic acids is 1. The summed E-state index contributed by atoms with van der Waals surface area (Å²) in [6.07, 6.45) is 0.410. The predicted molar refractivity (Wildman–Crippen MR) is 76.3 cm³/mol. The third-order valence-electron chi connectivity index (χ3n) is 4.40. The summed E-state index contributed by atoms with van der Waals surface area (Å²) in [4.78, 5) is 14.5. The smallest absolute Gasteiger partial charge is 0.280 e. The van der Waals surface area contributed by atoms with Crippen LogP contribution in [-0.4, -0.2) is 32.7 Å². The number of halogens is 2. The fourth-order valence-corrected chi connectivity index (χ4v) is 2.86. The molecule has 0 aromatic carbocycles. The minimum absolute atomic E-state index is 0.00160. The Morgan fingerprint density at radius 3 is 2.48 bits per heavy atom. The Morgan fingerprint density at radius 2 is 1.90 bits per heavy atom. The van der Waals surface area contributed by atoms with Crippen LogP contribution in [0.15, 0.2) is 6.20 Å². The third kappa shape index (κ3) is 2.94. The summed E-state index contributed by atoms with van der Waals surface area (Å²) < 4.78 is 27.4. The van der Waals surface area contributed by atoms with E-state index in [4.69, 9.17) is 0 Å². The van der Waals surface area contributed by atoms with E-state index in [-0.39, 0.29) is 28.1 Å². The standard InChI is InChI=1S/C15H23F2N3O/c1-14(2)6-7-15(3,4)20(9-14)13(21)10-8-18-19(5)11(10)12(16)17/h8,12H,6-7,9H2,1-5H3. The zero-order valence-electron chi connectivity index (χ0n) is 13.3. The summed E-state index contributed by atoms with van der Waals surface area (Å²) in [6.45, 7) is 8.73. The second-order valence-electron chi connectivity index (χ2n) is 7.24. The van der Waals surface area contributed by atoms with Crippen molar-refractivity contribution in [3.8, 4) is 0 Å². The van der Waals surface area contributed by atoms with E-state index in [1.54, 1.807) is 4.90 Å². The van der Waals surface area contributed by atoms with Gasteiger partial charge in [0, 0.05) is 19.1 Å². The summed E-state index contributed by atoms with van der Waals surface area (Å²) in [7, 11) is 1.43. The number of hydrogen-bond acceptors (Lipinski definition) is 2. The summed E-state index contributed by atoms with van der Waals surface area (Å²) in [5.41, 5.74) is -0.627. The Balaban J connectivity index is 2.38. The van der Waals surface area contributed by atoms with Crippen molar-refractivity contribution in [1.82, 2.24) is 14.7 Å². The molecule has 0 aliphatic carbocycles. The van der Waals surface area contributed by atoms with E-state index in [1.165, 1.54) is 13.2 Å². The van der Waals surface area contributed by atoms with Gasteiger partial charge < -0.3 is 4.90 Å². The molecule has 1 fully saturated rings. The number of aromatic nitrogens is 2. The van der Waals surface area contributed by atoms with Gasteiger partial charge in [0.1, 0.15) is 5.69 Å². The molecule has 0 bridgehead atoms. The maximum absolute atomic E-state index is 13.2. The van der Waals surface area contributed by atoms with E-state index >= 15 is 0 Å². The SMILES string of the molecule is Cn1ncc(C(=O)N2CC(C)(C)CCC2(C)C)c1C(F)F. The van der Waals surface area contributed by atoms with Crippen LogP contribution in [0, 0.1) is 5.41 Å². The second-order valence-corrected chi connectivity index (χ2v) is 7.24. The van der Waals surface area contributed by atoms with Gasteiger partial charge in [-0.3, -0.25) is 9.48 Å². The molecule has 0 atom stereocenters. The van der Waals surface area contributed by atoms with Crippen molar-refractivity contribution in [3.63, 3.8) is 0 Å². The number of carbonyl (C=O) groups is 1. The van der Waals surface area contributed by atoms with Crippen LogP contribution < -0.4 is 0 Å². The van der Waals surface area contributed by atoms with Crippen molar-refractivity contribution in [2.45, 2.75) is 52.5 Å². The first-order valence-corrected chi connectivity index (χ1v) is 7.17. The van der Waals surface area contributed by atoms with E-state index < -0.39 is 6.43 Å². The van der Waals surface area contributed by atoms with Crippen LogP contribution in [0.3, 0.4) is 0 Å². The van der Waals surface area contributed by atoms with Gasteiger partial charge in [-0.25, -0.2) is 8.78 Å². The Morgan fingerprint density at radius 1 is 1.29 bits per heavy atom. The average molecular weight is 299 g/mol. The molecule has 21 heavy (non-hydrogen) atoms. The molecule has 1 aromatic heterocycles. The molecule has 2 rings (SSSR count). The van der Waals surface area contributed by atoms with E-state index in [9.17, 15) is 13.6 Å². The lowest BCUT2D eigenvalue weighted by atomic mass is 9.76. The first kappa shape index (κ1) is 15.9. The highest BCUT2D eigenvalue weighted by Crippen LogP contribution is 2.39. The van der Waals surface area contributed by atoms with Crippen molar-refractivity contribution < 1.29 is 13.6 Å². The zero-order valence-corrected chi connectivity index (χ0v) is 13.3. The minimum Gasteiger partial charge on any atom is -0.333 e. The minimum atomic E-state index is -2.71. The summed E-state index contributed by atoms with van der Waals surface area (Å²) in [5, 5.41) is 3.83. The maximum atomic E-state index is 13.2. The van der Waals surface area contributed by atoms with Crippen LogP contribution in [0.25, 0.3) is 0 Å². The number of nitrogens with zero attached hydrogens (tertiary/aromatic N) is 3. The van der Waals surface area contributed by atoms with E-state index in [0.29, 0.717) is 6.54 Å². The van der Waals surface area contributed by atoms with Gasteiger partial charge >= 0.3 is 0 Å². The molecule has 0 radical (unpaired) electrons. The lowest BCUT2D eigenvalue weighted by molar-refractivity contribution is 0.0119. The molecular weight excluding hydrogens is 276 g/mol. The number of aryl methyl sites for hydroxylation is 1. The van der Waals surface area contributed by atoms with Crippen molar-refractivity contribution in [2.75, 3.05) is 6.54 Å². The Labute approximate surface area is 124 Å². The molecule has 1 saturated heterocycles. The molecule has 1 aliphatic heterocycles. The fraction of sp³-hybridized carbons (Fsp3) is 0.733. The van der Waals surface area contributed by atoms with Crippen LogP contribution >= 0.6 is 0 Å². The zero-order chi connectivity index (χ0) is 16.0. The van der Waals surface area contributed by atoms with Crippen molar-refractivity contribution in [1.29, 1.82) is 0 Å². The Hall–Kier alpha value is -1.46. The molecule has 2 heterocycles. The Kier molecular flexibility index (Phi) is 3.84. The average Bonchev–Trinajstić information content (AvgIpc) is 2.74. The van der Waals surface area contributed by atoms with Gasteiger partial charge in [-0.2, -0.15) is 5.10 Å². The van der Waals surface area contributed by atoms with E-state index in [2.05, 4.69) is 18.9 Å². The molecule has 1 aliphatic rings. The molecule has 0 unspecified atom stereocenters. The first-order chi connectivity index (χ1) is 9.55. The topological polar surface area (TPSA) is 38.1 Å². The number of amides is 1. The molecule has 6 heteroatoms. The summed E-state index contributed by atoms with van der Waals surface area (Å²) in [5.74, 6) is -0.351. The normalized spacial score (nSPS) is 20.9. The molecule has 118 valence electrons.